The molecule has 0 amide bonds. The van der Waals surface area contributed by atoms with Crippen LogP contribution in [0.4, 0.5) is 5.69 Å². The molecule has 0 radical (unpaired) electrons. The third-order valence-corrected chi connectivity index (χ3v) is 5.10. The summed E-state index contributed by atoms with van der Waals surface area (Å²) in [5, 5.41) is 5.72. The maximum Gasteiger partial charge on any atom is 0.240 e. The van der Waals surface area contributed by atoms with Crippen LogP contribution in [0.15, 0.2) is 59.6 Å². The SMILES string of the molecule is CC(=CN(c1ccccc1S(N)(=O)=O)[SH](=O)=O)c1ccc(Cl)cc1. The Bertz CT molecular complexity index is 944. The minimum absolute atomic E-state index is 0.0376. The highest BCUT2D eigenvalue weighted by atomic mass is 35.5. The van der Waals surface area contributed by atoms with Crippen molar-refractivity contribution in [1.82, 2.24) is 0 Å². The molecule has 0 aliphatic carbocycles. The molecule has 0 fully saturated rings. The van der Waals surface area contributed by atoms with Crippen LogP contribution >= 0.6 is 11.6 Å². The minimum Gasteiger partial charge on any atom is -0.246 e. The molecule has 2 N–H and O–H groups in total. The van der Waals surface area contributed by atoms with Crippen LogP contribution < -0.4 is 9.44 Å². The molecule has 0 saturated heterocycles. The average Bonchev–Trinajstić information content (AvgIpc) is 2.52. The first kappa shape index (κ1) is 18.5. The van der Waals surface area contributed by atoms with E-state index in [0.29, 0.717) is 10.6 Å². The average molecular weight is 387 g/mol. The summed E-state index contributed by atoms with van der Waals surface area (Å²) in [5.41, 5.74) is 1.31. The lowest BCUT2D eigenvalue weighted by Gasteiger charge is -2.17. The molecule has 6 nitrogen and oxygen atoms in total. The van der Waals surface area contributed by atoms with E-state index >= 15 is 0 Å². The molecule has 0 saturated carbocycles. The fraction of sp³-hybridized carbons (Fsp3) is 0.0667. The molecule has 0 aliphatic heterocycles. The normalized spacial score (nSPS) is 12.4. The first-order valence-electron chi connectivity index (χ1n) is 6.70. The molecule has 0 aromatic heterocycles. The highest BCUT2D eigenvalue weighted by Crippen LogP contribution is 2.26. The van der Waals surface area contributed by atoms with Gasteiger partial charge in [0, 0.05) is 11.2 Å². The van der Waals surface area contributed by atoms with Gasteiger partial charge in [-0.2, -0.15) is 0 Å². The number of anilines is 1. The van der Waals surface area contributed by atoms with E-state index < -0.39 is 20.9 Å². The highest BCUT2D eigenvalue weighted by Gasteiger charge is 2.19. The van der Waals surface area contributed by atoms with Crippen molar-refractivity contribution < 1.29 is 16.8 Å². The standard InChI is InChI=1S/C15H15ClN2O4S2/c1-11(12-6-8-13(16)9-7-12)10-18(23(19)20)14-4-2-3-5-15(14)24(17,21)22/h2-10,23H,1H3,(H2,17,21,22). The second-order valence-corrected chi connectivity index (χ2v) is 7.79. The van der Waals surface area contributed by atoms with E-state index in [4.69, 9.17) is 16.7 Å². The number of thiol groups is 1. The monoisotopic (exact) mass is 386 g/mol. The van der Waals surface area contributed by atoms with Crippen LogP contribution in [0.25, 0.3) is 5.57 Å². The van der Waals surface area contributed by atoms with Crippen LogP contribution in [-0.2, 0) is 20.9 Å². The van der Waals surface area contributed by atoms with E-state index in [0.717, 1.165) is 9.87 Å². The summed E-state index contributed by atoms with van der Waals surface area (Å²) in [7, 11) is -7.20. The second-order valence-electron chi connectivity index (χ2n) is 4.91. The third kappa shape index (κ3) is 4.35. The number of sulfonamides is 1. The van der Waals surface area contributed by atoms with Crippen molar-refractivity contribution in [2.45, 2.75) is 11.8 Å². The maximum atomic E-state index is 11.7. The van der Waals surface area contributed by atoms with Crippen LogP contribution in [-0.4, -0.2) is 16.8 Å². The van der Waals surface area contributed by atoms with E-state index in [2.05, 4.69) is 0 Å². The van der Waals surface area contributed by atoms with Crippen LogP contribution in [0, 0.1) is 0 Å². The van der Waals surface area contributed by atoms with Crippen molar-refractivity contribution in [3.05, 3.63) is 65.3 Å². The van der Waals surface area contributed by atoms with Crippen molar-refractivity contribution in [2.24, 2.45) is 5.14 Å². The van der Waals surface area contributed by atoms with E-state index in [9.17, 15) is 16.8 Å². The molecule has 0 aliphatic rings. The summed E-state index contributed by atoms with van der Waals surface area (Å²) < 4.78 is 47.6. The Balaban J connectivity index is 2.56. The highest BCUT2D eigenvalue weighted by molar-refractivity contribution is 7.89. The maximum absolute atomic E-state index is 11.7. The van der Waals surface area contributed by atoms with Gasteiger partial charge in [0.05, 0.1) is 5.69 Å². The van der Waals surface area contributed by atoms with Gasteiger partial charge >= 0.3 is 0 Å². The zero-order chi connectivity index (χ0) is 17.9. The molecule has 0 spiro atoms. The molecule has 128 valence electrons. The summed E-state index contributed by atoms with van der Waals surface area (Å²) in [6.45, 7) is 1.70. The lowest BCUT2D eigenvalue weighted by atomic mass is 10.1. The van der Waals surface area contributed by atoms with E-state index in [1.54, 1.807) is 31.2 Å². The molecule has 0 unspecified atom stereocenters. The Morgan fingerprint density at radius 3 is 2.25 bits per heavy atom. The van der Waals surface area contributed by atoms with E-state index in [-0.39, 0.29) is 10.6 Å². The number of nitrogens with two attached hydrogens (primary N) is 1. The second kappa shape index (κ2) is 7.35. The molecule has 0 atom stereocenters. The van der Waals surface area contributed by atoms with Gasteiger partial charge in [-0.15, -0.1) is 0 Å². The lowest BCUT2D eigenvalue weighted by molar-refractivity contribution is 0.598. The van der Waals surface area contributed by atoms with Crippen LogP contribution in [0.5, 0.6) is 0 Å². The Hall–Kier alpha value is -1.87. The van der Waals surface area contributed by atoms with Gasteiger partial charge in [0.15, 0.2) is 0 Å². The zero-order valence-electron chi connectivity index (χ0n) is 12.6. The number of primary sulfonamides is 1. The van der Waals surface area contributed by atoms with Gasteiger partial charge in [-0.05, 0) is 42.3 Å². The van der Waals surface area contributed by atoms with E-state index in [1.165, 1.54) is 30.5 Å². The first-order chi connectivity index (χ1) is 11.2. The van der Waals surface area contributed by atoms with Gasteiger partial charge in [-0.1, -0.05) is 35.9 Å². The number of hydrogen-bond acceptors (Lipinski definition) is 4. The molecule has 24 heavy (non-hydrogen) atoms. The number of allylic oxidation sites excluding steroid dienone is 1. The molecule has 2 aromatic rings. The first-order valence-corrected chi connectivity index (χ1v) is 9.75. The predicted octanol–water partition coefficient (Wildman–Crippen LogP) is 2.38. The smallest absolute Gasteiger partial charge is 0.240 e. The molecule has 2 rings (SSSR count). The van der Waals surface area contributed by atoms with Gasteiger partial charge in [-0.3, -0.25) is 0 Å². The van der Waals surface area contributed by atoms with Gasteiger partial charge < -0.3 is 0 Å². The lowest BCUT2D eigenvalue weighted by Crippen LogP contribution is -2.20. The summed E-state index contributed by atoms with van der Waals surface area (Å²) in [4.78, 5) is -0.274. The van der Waals surface area contributed by atoms with Crippen molar-refractivity contribution in [2.75, 3.05) is 4.31 Å². The predicted molar refractivity (Wildman–Crippen MR) is 95.7 cm³/mol. The van der Waals surface area contributed by atoms with Crippen molar-refractivity contribution in [1.29, 1.82) is 0 Å². The fourth-order valence-electron chi connectivity index (χ4n) is 2.06. The Labute approximate surface area is 147 Å². The Morgan fingerprint density at radius 1 is 1.12 bits per heavy atom. The van der Waals surface area contributed by atoms with Crippen LogP contribution in [0.3, 0.4) is 0 Å². The number of hydrogen-bond donors (Lipinski definition) is 2. The summed E-state index contributed by atoms with van der Waals surface area (Å²) in [6.07, 6.45) is 1.33. The fourth-order valence-corrected chi connectivity index (χ4v) is 3.60. The van der Waals surface area contributed by atoms with Gasteiger partial charge in [-0.25, -0.2) is 26.3 Å². The van der Waals surface area contributed by atoms with Crippen molar-refractivity contribution in [3.8, 4) is 0 Å². The van der Waals surface area contributed by atoms with E-state index in [1.807, 2.05) is 0 Å². The molecule has 2 aromatic carbocycles. The molecular formula is C15H15ClN2O4S2. The number of rotatable bonds is 5. The van der Waals surface area contributed by atoms with Crippen LogP contribution in [0.1, 0.15) is 12.5 Å². The largest absolute Gasteiger partial charge is 0.246 e. The topological polar surface area (TPSA) is 97.5 Å². The number of nitrogens with zero attached hydrogens (tertiary/aromatic N) is 1. The molecular weight excluding hydrogens is 372 g/mol. The number of halogens is 1. The number of para-hydroxylation sites is 1. The summed E-state index contributed by atoms with van der Waals surface area (Å²) >= 11 is 5.83. The quantitative estimate of drug-likeness (QED) is 0.771. The van der Waals surface area contributed by atoms with Gasteiger partial charge in [0.25, 0.3) is 0 Å². The summed E-state index contributed by atoms with van der Waals surface area (Å²) in [5.74, 6) is 0. The van der Waals surface area contributed by atoms with Crippen LogP contribution in [0.2, 0.25) is 5.02 Å². The molecule has 0 bridgehead atoms. The van der Waals surface area contributed by atoms with Gasteiger partial charge in [0.1, 0.15) is 4.90 Å². The third-order valence-electron chi connectivity index (χ3n) is 3.21. The van der Waals surface area contributed by atoms with Crippen molar-refractivity contribution >= 4 is 43.8 Å². The Kier molecular flexibility index (Phi) is 5.66. The van der Waals surface area contributed by atoms with Crippen molar-refractivity contribution in [3.63, 3.8) is 0 Å². The zero-order valence-corrected chi connectivity index (χ0v) is 15.1. The van der Waals surface area contributed by atoms with Gasteiger partial charge in [0.2, 0.25) is 20.9 Å². The minimum atomic E-state index is -4.07. The summed E-state index contributed by atoms with van der Waals surface area (Å²) in [6, 6.07) is 12.4. The molecule has 9 heteroatoms. The number of benzene rings is 2. The molecule has 0 heterocycles. The Morgan fingerprint density at radius 2 is 1.71 bits per heavy atom.